The fraction of sp³-hybridized carbons (Fsp3) is 0.542. The number of carbonyl (C=O) groups excluding carboxylic acids is 1. The normalized spacial score (nSPS) is 19.1. The molecule has 11 heteroatoms. The van der Waals surface area contributed by atoms with E-state index < -0.39 is 11.7 Å². The van der Waals surface area contributed by atoms with Gasteiger partial charge in [0, 0.05) is 44.7 Å². The Bertz CT molecular complexity index is 1090. The minimum atomic E-state index is -4.41. The van der Waals surface area contributed by atoms with Gasteiger partial charge in [-0.1, -0.05) is 0 Å². The number of halogens is 3. The van der Waals surface area contributed by atoms with Crippen LogP contribution in [0.3, 0.4) is 0 Å². The van der Waals surface area contributed by atoms with Crippen LogP contribution in [-0.2, 0) is 22.3 Å². The summed E-state index contributed by atoms with van der Waals surface area (Å²) in [5.74, 6) is 0.781. The zero-order chi connectivity index (χ0) is 25.2. The third-order valence-corrected chi connectivity index (χ3v) is 6.75. The molecule has 0 bridgehead atoms. The lowest BCUT2D eigenvalue weighted by atomic mass is 10.2. The summed E-state index contributed by atoms with van der Waals surface area (Å²) in [6.07, 6.45) is -1.55. The number of amides is 1. The SMILES string of the molecule is Cc1c(C#N)c(NC(=O)CN2CCN(c3ccc(C(F)(F)F)cn3)CC2)n(C[C@H]2CCCO2)c1C. The monoisotopic (exact) mass is 490 g/mol. The smallest absolute Gasteiger partial charge is 0.376 e. The van der Waals surface area contributed by atoms with Crippen LogP contribution in [0.1, 0.15) is 35.2 Å². The summed E-state index contributed by atoms with van der Waals surface area (Å²) in [6.45, 7) is 7.51. The first-order valence-corrected chi connectivity index (χ1v) is 11.7. The number of anilines is 2. The number of nitriles is 1. The second kappa shape index (κ2) is 10.3. The summed E-state index contributed by atoms with van der Waals surface area (Å²) < 4.78 is 46.0. The Morgan fingerprint density at radius 1 is 1.26 bits per heavy atom. The Balaban J connectivity index is 1.36. The zero-order valence-corrected chi connectivity index (χ0v) is 19.9. The van der Waals surface area contributed by atoms with Gasteiger partial charge in [0.2, 0.25) is 5.91 Å². The topological polar surface area (TPSA) is 86.4 Å². The van der Waals surface area contributed by atoms with Gasteiger partial charge in [0.1, 0.15) is 17.7 Å². The molecular formula is C24H29F3N6O2. The van der Waals surface area contributed by atoms with Crippen molar-refractivity contribution < 1.29 is 22.7 Å². The molecular weight excluding hydrogens is 461 g/mol. The quantitative estimate of drug-likeness (QED) is 0.669. The Kier molecular flexibility index (Phi) is 7.33. The summed E-state index contributed by atoms with van der Waals surface area (Å²) in [5.41, 5.74) is 1.47. The molecule has 2 aromatic rings. The van der Waals surface area contributed by atoms with Crippen LogP contribution in [0.25, 0.3) is 0 Å². The predicted octanol–water partition coefficient (Wildman–Crippen LogP) is 3.33. The minimum absolute atomic E-state index is 0.0644. The summed E-state index contributed by atoms with van der Waals surface area (Å²) in [7, 11) is 0. The number of carbonyl (C=O) groups is 1. The second-order valence-corrected chi connectivity index (χ2v) is 9.01. The molecule has 0 aliphatic carbocycles. The number of alkyl halides is 3. The highest BCUT2D eigenvalue weighted by Crippen LogP contribution is 2.30. The number of aromatic nitrogens is 2. The number of nitrogens with one attached hydrogen (secondary N) is 1. The van der Waals surface area contributed by atoms with Gasteiger partial charge >= 0.3 is 6.18 Å². The number of hydrogen-bond acceptors (Lipinski definition) is 6. The molecule has 0 unspecified atom stereocenters. The van der Waals surface area contributed by atoms with Crippen molar-refractivity contribution in [3.05, 3.63) is 40.7 Å². The fourth-order valence-corrected chi connectivity index (χ4v) is 4.60. The molecule has 35 heavy (non-hydrogen) atoms. The molecule has 0 radical (unpaired) electrons. The van der Waals surface area contributed by atoms with Crippen molar-refractivity contribution in [2.75, 3.05) is 49.5 Å². The van der Waals surface area contributed by atoms with Crippen LogP contribution in [0.15, 0.2) is 18.3 Å². The van der Waals surface area contributed by atoms with E-state index in [0.29, 0.717) is 49.9 Å². The van der Waals surface area contributed by atoms with Gasteiger partial charge in [0.15, 0.2) is 0 Å². The Morgan fingerprint density at radius 3 is 2.57 bits per heavy atom. The first-order valence-electron chi connectivity index (χ1n) is 11.7. The van der Waals surface area contributed by atoms with Crippen LogP contribution in [0.5, 0.6) is 0 Å². The number of rotatable bonds is 6. The van der Waals surface area contributed by atoms with Gasteiger partial charge in [0.25, 0.3) is 0 Å². The lowest BCUT2D eigenvalue weighted by molar-refractivity contribution is -0.137. The van der Waals surface area contributed by atoms with Gasteiger partial charge in [-0.25, -0.2) is 4.98 Å². The molecule has 2 fully saturated rings. The molecule has 2 aromatic heterocycles. The van der Waals surface area contributed by atoms with Crippen molar-refractivity contribution in [3.8, 4) is 6.07 Å². The fourth-order valence-electron chi connectivity index (χ4n) is 4.60. The van der Waals surface area contributed by atoms with E-state index >= 15 is 0 Å². The molecule has 2 aliphatic heterocycles. The molecule has 1 N–H and O–H groups in total. The minimum Gasteiger partial charge on any atom is -0.376 e. The summed E-state index contributed by atoms with van der Waals surface area (Å²) in [4.78, 5) is 20.7. The number of nitrogens with zero attached hydrogens (tertiary/aromatic N) is 5. The molecule has 0 saturated carbocycles. The highest BCUT2D eigenvalue weighted by atomic mass is 19.4. The Hall–Kier alpha value is -3.10. The first kappa shape index (κ1) is 25.0. The van der Waals surface area contributed by atoms with Crippen molar-refractivity contribution in [1.29, 1.82) is 5.26 Å². The van der Waals surface area contributed by atoms with E-state index in [2.05, 4.69) is 16.4 Å². The molecule has 4 heterocycles. The van der Waals surface area contributed by atoms with E-state index in [-0.39, 0.29) is 18.6 Å². The van der Waals surface area contributed by atoms with E-state index in [0.717, 1.165) is 43.0 Å². The van der Waals surface area contributed by atoms with Crippen molar-refractivity contribution in [1.82, 2.24) is 14.5 Å². The van der Waals surface area contributed by atoms with Crippen LogP contribution >= 0.6 is 0 Å². The van der Waals surface area contributed by atoms with Crippen LogP contribution < -0.4 is 10.2 Å². The maximum Gasteiger partial charge on any atom is 0.417 e. The molecule has 1 amide bonds. The number of pyridine rings is 1. The Labute approximate surface area is 202 Å². The van der Waals surface area contributed by atoms with E-state index in [1.165, 1.54) is 6.07 Å². The standard InChI is InChI=1S/C24H29F3N6O2/c1-16-17(2)33(14-19-4-3-11-35-19)23(20(16)12-28)30-22(34)15-31-7-9-32(10-8-31)21-6-5-18(13-29-21)24(25,26)27/h5-6,13,19H,3-4,7-11,14-15H2,1-2H3,(H,30,34)/t19-/m1/s1. The molecule has 1 atom stereocenters. The number of hydrogen-bond donors (Lipinski definition) is 1. The zero-order valence-electron chi connectivity index (χ0n) is 19.9. The predicted molar refractivity (Wildman–Crippen MR) is 124 cm³/mol. The van der Waals surface area contributed by atoms with E-state index in [9.17, 15) is 23.2 Å². The summed E-state index contributed by atoms with van der Waals surface area (Å²) in [6, 6.07) is 4.63. The van der Waals surface area contributed by atoms with Crippen LogP contribution in [0.2, 0.25) is 0 Å². The van der Waals surface area contributed by atoms with Gasteiger partial charge in [-0.2, -0.15) is 18.4 Å². The highest BCUT2D eigenvalue weighted by molar-refractivity contribution is 5.93. The lowest BCUT2D eigenvalue weighted by Gasteiger charge is -2.35. The molecule has 8 nitrogen and oxygen atoms in total. The van der Waals surface area contributed by atoms with Crippen LogP contribution in [-0.4, -0.2) is 65.8 Å². The highest BCUT2D eigenvalue weighted by Gasteiger charge is 2.31. The molecule has 2 saturated heterocycles. The first-order chi connectivity index (χ1) is 16.7. The summed E-state index contributed by atoms with van der Waals surface area (Å²) >= 11 is 0. The van der Waals surface area contributed by atoms with Crippen molar-refractivity contribution in [2.24, 2.45) is 0 Å². The number of piperazine rings is 1. The van der Waals surface area contributed by atoms with E-state index in [4.69, 9.17) is 4.74 Å². The maximum atomic E-state index is 12.9. The van der Waals surface area contributed by atoms with Gasteiger partial charge < -0.3 is 19.5 Å². The van der Waals surface area contributed by atoms with Crippen molar-refractivity contribution in [2.45, 2.75) is 45.5 Å². The third-order valence-electron chi connectivity index (χ3n) is 6.75. The van der Waals surface area contributed by atoms with Gasteiger partial charge in [-0.15, -0.1) is 0 Å². The van der Waals surface area contributed by atoms with Gasteiger partial charge in [0.05, 0.1) is 30.3 Å². The third kappa shape index (κ3) is 5.60. The second-order valence-electron chi connectivity index (χ2n) is 9.01. The van der Waals surface area contributed by atoms with Crippen LogP contribution in [0.4, 0.5) is 24.8 Å². The summed E-state index contributed by atoms with van der Waals surface area (Å²) in [5, 5.41) is 12.6. The van der Waals surface area contributed by atoms with Gasteiger partial charge in [-0.3, -0.25) is 9.69 Å². The average Bonchev–Trinajstić information content (AvgIpc) is 3.42. The lowest BCUT2D eigenvalue weighted by Crippen LogP contribution is -2.49. The maximum absolute atomic E-state index is 12.9. The average molecular weight is 491 g/mol. The van der Waals surface area contributed by atoms with Crippen molar-refractivity contribution >= 4 is 17.5 Å². The molecule has 0 spiro atoms. The van der Waals surface area contributed by atoms with Crippen LogP contribution in [0, 0.1) is 25.2 Å². The van der Waals surface area contributed by atoms with E-state index in [1.807, 2.05) is 28.2 Å². The molecule has 2 aliphatic rings. The van der Waals surface area contributed by atoms with E-state index in [1.54, 1.807) is 0 Å². The molecule has 0 aromatic carbocycles. The largest absolute Gasteiger partial charge is 0.417 e. The molecule has 188 valence electrons. The Morgan fingerprint density at radius 2 is 2.00 bits per heavy atom. The number of ether oxygens (including phenoxy) is 1. The van der Waals surface area contributed by atoms with Gasteiger partial charge in [-0.05, 0) is 44.4 Å². The van der Waals surface area contributed by atoms with Crippen molar-refractivity contribution in [3.63, 3.8) is 0 Å². The molecule has 4 rings (SSSR count).